The molecule has 0 aliphatic heterocycles. The van der Waals surface area contributed by atoms with Crippen LogP contribution in [0.3, 0.4) is 0 Å². The molecule has 36 heavy (non-hydrogen) atoms. The number of rotatable bonds is 19. The average molecular weight is 568 g/mol. The molecule has 214 valence electrons. The molecule has 0 aromatic rings. The minimum absolute atomic E-state index is 0.138. The first-order valence-corrected chi connectivity index (χ1v) is 12.2. The maximum atomic E-state index is 13.5. The maximum absolute atomic E-state index is 13.5. The van der Waals surface area contributed by atoms with Crippen LogP contribution in [0, 0.1) is 0 Å². The molecule has 0 bridgehead atoms. The van der Waals surface area contributed by atoms with Crippen LogP contribution in [0.4, 0.5) is 35.1 Å². The molecule has 0 spiro atoms. The van der Waals surface area contributed by atoms with E-state index in [9.17, 15) is 53.1 Å². The van der Waals surface area contributed by atoms with Crippen molar-refractivity contribution in [3.8, 4) is 0 Å². The zero-order chi connectivity index (χ0) is 28.2. The summed E-state index contributed by atoms with van der Waals surface area (Å²) in [4.78, 5) is 23.4. The highest BCUT2D eigenvalue weighted by atomic mass is 32.2. The van der Waals surface area contributed by atoms with Gasteiger partial charge in [-0.15, -0.1) is 0 Å². The van der Waals surface area contributed by atoms with Gasteiger partial charge in [-0.25, -0.2) is 8.78 Å². The van der Waals surface area contributed by atoms with Crippen LogP contribution in [0.5, 0.6) is 0 Å². The SMILES string of the molecule is CCCCCCCCOCCOC(=O)CC(C(=O)OCC(F)(F)C(F)(F)C(F)(F)C(F)F)S(=O)(=O)O. The molecule has 0 amide bonds. The van der Waals surface area contributed by atoms with Gasteiger partial charge in [0.1, 0.15) is 6.61 Å². The van der Waals surface area contributed by atoms with Crippen LogP contribution in [0.2, 0.25) is 0 Å². The molecule has 0 heterocycles. The highest BCUT2D eigenvalue weighted by molar-refractivity contribution is 7.87. The van der Waals surface area contributed by atoms with Crippen molar-refractivity contribution >= 4 is 22.1 Å². The summed E-state index contributed by atoms with van der Waals surface area (Å²) in [6.45, 7) is -1.15. The molecule has 0 saturated carbocycles. The van der Waals surface area contributed by atoms with E-state index in [1.54, 1.807) is 0 Å². The second-order valence-electron chi connectivity index (χ2n) is 7.62. The fourth-order valence-corrected chi connectivity index (χ4v) is 3.21. The Morgan fingerprint density at radius 3 is 1.94 bits per heavy atom. The number of ether oxygens (including phenoxy) is 3. The lowest BCUT2D eigenvalue weighted by Gasteiger charge is -2.31. The number of hydrogen-bond donors (Lipinski definition) is 1. The van der Waals surface area contributed by atoms with Crippen molar-refractivity contribution in [1.29, 1.82) is 0 Å². The molecule has 0 aromatic heterocycles. The molecule has 1 N–H and O–H groups in total. The highest BCUT2D eigenvalue weighted by Crippen LogP contribution is 2.48. The number of alkyl halides is 8. The van der Waals surface area contributed by atoms with Crippen molar-refractivity contribution in [1.82, 2.24) is 0 Å². The van der Waals surface area contributed by atoms with E-state index < -0.39 is 71.1 Å². The summed E-state index contributed by atoms with van der Waals surface area (Å²) in [6.07, 6.45) is -0.831. The first kappa shape index (κ1) is 34.2. The molecule has 1 unspecified atom stereocenters. The molecule has 0 rings (SSSR count). The molecule has 0 aliphatic rings. The molecule has 0 aromatic carbocycles. The Labute approximate surface area is 202 Å². The molecular weight excluding hydrogens is 540 g/mol. The van der Waals surface area contributed by atoms with Gasteiger partial charge in [0.05, 0.1) is 13.0 Å². The van der Waals surface area contributed by atoms with E-state index in [-0.39, 0.29) is 6.61 Å². The van der Waals surface area contributed by atoms with Crippen LogP contribution in [0.15, 0.2) is 0 Å². The van der Waals surface area contributed by atoms with Crippen LogP contribution >= 0.6 is 0 Å². The predicted octanol–water partition coefficient (Wildman–Crippen LogP) is 4.27. The van der Waals surface area contributed by atoms with Crippen molar-refractivity contribution in [2.45, 2.75) is 81.3 Å². The third-order valence-corrected chi connectivity index (χ3v) is 5.73. The highest BCUT2D eigenvalue weighted by Gasteiger charge is 2.75. The smallest absolute Gasteiger partial charge is 0.381 e. The Morgan fingerprint density at radius 2 is 1.42 bits per heavy atom. The summed E-state index contributed by atoms with van der Waals surface area (Å²) in [5.41, 5.74) is 0. The van der Waals surface area contributed by atoms with E-state index in [2.05, 4.69) is 16.4 Å². The second-order valence-corrected chi connectivity index (χ2v) is 9.22. The first-order chi connectivity index (χ1) is 16.4. The number of carbonyl (C=O) groups is 2. The van der Waals surface area contributed by atoms with Crippen molar-refractivity contribution < 1.29 is 71.9 Å². The molecule has 8 nitrogen and oxygen atoms in total. The predicted molar refractivity (Wildman–Crippen MR) is 107 cm³/mol. The number of halogens is 8. The van der Waals surface area contributed by atoms with Gasteiger partial charge in [-0.3, -0.25) is 14.1 Å². The van der Waals surface area contributed by atoms with Crippen molar-refractivity contribution in [3.63, 3.8) is 0 Å². The number of hydrogen-bond acceptors (Lipinski definition) is 7. The van der Waals surface area contributed by atoms with Crippen molar-refractivity contribution in [2.75, 3.05) is 26.4 Å². The van der Waals surface area contributed by atoms with Crippen LogP contribution in [0.25, 0.3) is 0 Å². The van der Waals surface area contributed by atoms with Gasteiger partial charge in [-0.2, -0.15) is 34.8 Å². The van der Waals surface area contributed by atoms with Gasteiger partial charge in [0.2, 0.25) is 0 Å². The van der Waals surface area contributed by atoms with E-state index in [1.165, 1.54) is 0 Å². The van der Waals surface area contributed by atoms with E-state index in [0.717, 1.165) is 38.5 Å². The lowest BCUT2D eigenvalue weighted by Crippen LogP contribution is -2.59. The van der Waals surface area contributed by atoms with Crippen molar-refractivity contribution in [2.24, 2.45) is 0 Å². The van der Waals surface area contributed by atoms with Gasteiger partial charge in [0.25, 0.3) is 10.1 Å². The van der Waals surface area contributed by atoms with Gasteiger partial charge in [-0.1, -0.05) is 39.0 Å². The number of esters is 2. The summed E-state index contributed by atoms with van der Waals surface area (Å²) in [5, 5.41) is -2.95. The zero-order valence-electron chi connectivity index (χ0n) is 19.2. The van der Waals surface area contributed by atoms with E-state index in [1.807, 2.05) is 0 Å². The quantitative estimate of drug-likeness (QED) is 0.106. The monoisotopic (exact) mass is 568 g/mol. The summed E-state index contributed by atoms with van der Waals surface area (Å²) in [7, 11) is -5.56. The average Bonchev–Trinajstić information content (AvgIpc) is 2.76. The Bertz CT molecular complexity index is 792. The Kier molecular flexibility index (Phi) is 14.1. The van der Waals surface area contributed by atoms with Crippen LogP contribution in [0.1, 0.15) is 51.9 Å². The van der Waals surface area contributed by atoms with E-state index in [4.69, 9.17) is 9.29 Å². The molecule has 0 aliphatic carbocycles. The molecule has 1 atom stereocenters. The topological polar surface area (TPSA) is 116 Å². The standard InChI is InChI=1S/C19H28F8O8S/c1-2-3-4-5-6-7-8-33-9-10-34-14(28)11-13(36(30,31)32)15(29)35-12-17(22,23)19(26,27)18(24,25)16(20)21/h13,16H,2-12H2,1H3,(H,30,31,32). The Hall–Kier alpha value is -1.75. The van der Waals surface area contributed by atoms with Crippen LogP contribution < -0.4 is 0 Å². The fraction of sp³-hybridized carbons (Fsp3) is 0.895. The van der Waals surface area contributed by atoms with Gasteiger partial charge >= 0.3 is 36.1 Å². The molecule has 0 saturated heterocycles. The van der Waals surface area contributed by atoms with Gasteiger partial charge in [-0.05, 0) is 6.42 Å². The summed E-state index contributed by atoms with van der Waals surface area (Å²) < 4.78 is 148. The molecule has 0 radical (unpaired) electrons. The molecule has 17 heteroatoms. The minimum Gasteiger partial charge on any atom is -0.463 e. The van der Waals surface area contributed by atoms with Crippen LogP contribution in [-0.4, -0.2) is 80.8 Å². The summed E-state index contributed by atoms with van der Waals surface area (Å²) in [5.74, 6) is -23.2. The third kappa shape index (κ3) is 10.7. The first-order valence-electron chi connectivity index (χ1n) is 10.7. The van der Waals surface area contributed by atoms with E-state index in [0.29, 0.717) is 6.61 Å². The maximum Gasteiger partial charge on any atom is 0.381 e. The molecule has 0 fully saturated rings. The Morgan fingerprint density at radius 1 is 0.861 bits per heavy atom. The van der Waals surface area contributed by atoms with Gasteiger partial charge in [0.15, 0.2) is 11.9 Å². The fourth-order valence-electron chi connectivity index (χ4n) is 2.55. The van der Waals surface area contributed by atoms with E-state index >= 15 is 0 Å². The largest absolute Gasteiger partial charge is 0.463 e. The normalized spacial score (nSPS) is 14.1. The lowest BCUT2D eigenvalue weighted by molar-refractivity contribution is -0.344. The summed E-state index contributed by atoms with van der Waals surface area (Å²) in [6, 6.07) is 0. The number of carbonyl (C=O) groups excluding carboxylic acids is 2. The van der Waals surface area contributed by atoms with Gasteiger partial charge < -0.3 is 14.2 Å². The second kappa shape index (κ2) is 14.9. The summed E-state index contributed by atoms with van der Waals surface area (Å²) >= 11 is 0. The van der Waals surface area contributed by atoms with Crippen LogP contribution in [-0.2, 0) is 33.9 Å². The van der Waals surface area contributed by atoms with Crippen molar-refractivity contribution in [3.05, 3.63) is 0 Å². The third-order valence-electron chi connectivity index (χ3n) is 4.66. The zero-order valence-corrected chi connectivity index (χ0v) is 20.0. The minimum atomic E-state index is -6.71. The lowest BCUT2D eigenvalue weighted by atomic mass is 10.1. The van der Waals surface area contributed by atoms with Gasteiger partial charge in [0, 0.05) is 6.61 Å². The number of unbranched alkanes of at least 4 members (excludes halogenated alkanes) is 5. The Balaban J connectivity index is 4.77. The molecular formula is C19H28F8O8S.